The SMILES string of the molecule is CCCCCCC=C1C=C(C(F)(F)F)c2cc(O)ccc21. The van der Waals surface area contributed by atoms with Crippen LogP contribution in [0.4, 0.5) is 13.2 Å². The Hall–Kier alpha value is -1.71. The van der Waals surface area contributed by atoms with Crippen molar-refractivity contribution in [3.63, 3.8) is 0 Å². The number of phenolic OH excluding ortho intramolecular Hbond substituents is 1. The number of unbranched alkanes of at least 4 members (excludes halogenated alkanes) is 4. The molecule has 1 aromatic carbocycles. The highest BCUT2D eigenvalue weighted by molar-refractivity contribution is 5.97. The van der Waals surface area contributed by atoms with Gasteiger partial charge in [-0.1, -0.05) is 38.3 Å². The van der Waals surface area contributed by atoms with Crippen LogP contribution in [0.15, 0.2) is 30.4 Å². The Morgan fingerprint density at radius 3 is 2.52 bits per heavy atom. The van der Waals surface area contributed by atoms with E-state index in [-0.39, 0.29) is 11.3 Å². The van der Waals surface area contributed by atoms with Crippen LogP contribution < -0.4 is 0 Å². The number of hydrogen-bond donors (Lipinski definition) is 1. The lowest BCUT2D eigenvalue weighted by atomic mass is 10.0. The average molecular weight is 296 g/mol. The summed E-state index contributed by atoms with van der Waals surface area (Å²) in [6, 6.07) is 4.17. The van der Waals surface area contributed by atoms with Gasteiger partial charge in [0.05, 0.1) is 5.57 Å². The van der Waals surface area contributed by atoms with Crippen LogP contribution in [0.1, 0.15) is 50.2 Å². The van der Waals surface area contributed by atoms with Gasteiger partial charge in [-0.05, 0) is 47.8 Å². The fraction of sp³-hybridized carbons (Fsp3) is 0.412. The molecule has 0 amide bonds. The van der Waals surface area contributed by atoms with Crippen LogP contribution in [-0.2, 0) is 0 Å². The van der Waals surface area contributed by atoms with Crippen molar-refractivity contribution in [3.05, 3.63) is 41.5 Å². The van der Waals surface area contributed by atoms with E-state index in [1.807, 2.05) is 6.08 Å². The molecule has 0 unspecified atom stereocenters. The average Bonchev–Trinajstić information content (AvgIpc) is 2.76. The summed E-state index contributed by atoms with van der Waals surface area (Å²) in [5.41, 5.74) is 0.556. The van der Waals surface area contributed by atoms with Crippen LogP contribution >= 0.6 is 0 Å². The molecule has 0 saturated carbocycles. The van der Waals surface area contributed by atoms with Gasteiger partial charge in [0.2, 0.25) is 0 Å². The summed E-state index contributed by atoms with van der Waals surface area (Å²) in [6.07, 6.45) is 3.79. The van der Waals surface area contributed by atoms with Crippen molar-refractivity contribution < 1.29 is 18.3 Å². The maximum Gasteiger partial charge on any atom is 0.417 e. The molecule has 1 nitrogen and oxygen atoms in total. The monoisotopic (exact) mass is 296 g/mol. The van der Waals surface area contributed by atoms with Crippen LogP contribution in [0, 0.1) is 0 Å². The van der Waals surface area contributed by atoms with Crippen molar-refractivity contribution >= 4 is 11.1 Å². The van der Waals surface area contributed by atoms with Gasteiger partial charge < -0.3 is 5.11 Å². The fourth-order valence-corrected chi connectivity index (χ4v) is 2.55. The normalized spacial score (nSPS) is 16.2. The summed E-state index contributed by atoms with van der Waals surface area (Å²) in [6.45, 7) is 2.12. The van der Waals surface area contributed by atoms with Gasteiger partial charge in [0.15, 0.2) is 0 Å². The van der Waals surface area contributed by atoms with Crippen molar-refractivity contribution in [1.29, 1.82) is 0 Å². The van der Waals surface area contributed by atoms with E-state index in [0.717, 1.165) is 32.1 Å². The summed E-state index contributed by atoms with van der Waals surface area (Å²) >= 11 is 0. The van der Waals surface area contributed by atoms with Crippen LogP contribution in [0.2, 0.25) is 0 Å². The molecule has 114 valence electrons. The third-order valence-corrected chi connectivity index (χ3v) is 3.63. The first-order valence-electron chi connectivity index (χ1n) is 7.26. The first-order valence-corrected chi connectivity index (χ1v) is 7.26. The van der Waals surface area contributed by atoms with Crippen molar-refractivity contribution in [1.82, 2.24) is 0 Å². The Morgan fingerprint density at radius 1 is 1.10 bits per heavy atom. The molecule has 1 aliphatic rings. The molecule has 0 radical (unpaired) electrons. The minimum Gasteiger partial charge on any atom is -0.508 e. The number of fused-ring (bicyclic) bond motifs is 1. The molecule has 4 heteroatoms. The Labute approximate surface area is 122 Å². The van der Waals surface area contributed by atoms with Gasteiger partial charge >= 0.3 is 6.18 Å². The zero-order valence-corrected chi connectivity index (χ0v) is 12.0. The number of allylic oxidation sites excluding steroid dienone is 4. The molecule has 0 aromatic heterocycles. The molecular weight excluding hydrogens is 277 g/mol. The second-order valence-corrected chi connectivity index (χ2v) is 5.29. The molecule has 0 heterocycles. The zero-order chi connectivity index (χ0) is 15.5. The predicted octanol–water partition coefficient (Wildman–Crippen LogP) is 5.71. The molecule has 0 spiro atoms. The third-order valence-electron chi connectivity index (χ3n) is 3.63. The highest BCUT2D eigenvalue weighted by atomic mass is 19.4. The van der Waals surface area contributed by atoms with Crippen LogP contribution in [-0.4, -0.2) is 11.3 Å². The molecule has 1 N–H and O–H groups in total. The summed E-state index contributed by atoms with van der Waals surface area (Å²) in [5, 5.41) is 9.43. The minimum absolute atomic E-state index is 0.0716. The molecule has 2 rings (SSSR count). The number of halogens is 3. The molecule has 1 aliphatic carbocycles. The highest BCUT2D eigenvalue weighted by Gasteiger charge is 2.39. The lowest BCUT2D eigenvalue weighted by Crippen LogP contribution is -2.09. The van der Waals surface area contributed by atoms with E-state index in [2.05, 4.69) is 6.92 Å². The van der Waals surface area contributed by atoms with Gasteiger partial charge in [-0.25, -0.2) is 0 Å². The van der Waals surface area contributed by atoms with E-state index in [9.17, 15) is 18.3 Å². The molecule has 0 aliphatic heterocycles. The number of alkyl halides is 3. The quantitative estimate of drug-likeness (QED) is 0.690. The van der Waals surface area contributed by atoms with E-state index in [4.69, 9.17) is 0 Å². The molecule has 0 saturated heterocycles. The first-order chi connectivity index (χ1) is 9.93. The highest BCUT2D eigenvalue weighted by Crippen LogP contribution is 2.45. The summed E-state index contributed by atoms with van der Waals surface area (Å²) in [5.74, 6) is -0.145. The maximum atomic E-state index is 13.1. The Kier molecular flexibility index (Phi) is 4.76. The lowest BCUT2D eigenvalue weighted by molar-refractivity contribution is -0.0687. The topological polar surface area (TPSA) is 20.2 Å². The molecule has 0 atom stereocenters. The van der Waals surface area contributed by atoms with Gasteiger partial charge in [0.1, 0.15) is 5.75 Å². The number of benzene rings is 1. The van der Waals surface area contributed by atoms with Crippen LogP contribution in [0.3, 0.4) is 0 Å². The van der Waals surface area contributed by atoms with Gasteiger partial charge in [0, 0.05) is 0 Å². The van der Waals surface area contributed by atoms with Crippen molar-refractivity contribution in [3.8, 4) is 5.75 Å². The molecular formula is C17H19F3O. The summed E-state index contributed by atoms with van der Waals surface area (Å²) in [7, 11) is 0. The van der Waals surface area contributed by atoms with E-state index < -0.39 is 11.7 Å². The van der Waals surface area contributed by atoms with Crippen LogP contribution in [0.5, 0.6) is 5.75 Å². The molecule has 0 bridgehead atoms. The molecule has 1 aromatic rings. The van der Waals surface area contributed by atoms with E-state index in [0.29, 0.717) is 11.1 Å². The van der Waals surface area contributed by atoms with Gasteiger partial charge in [-0.2, -0.15) is 13.2 Å². The fourth-order valence-electron chi connectivity index (χ4n) is 2.55. The number of rotatable bonds is 5. The molecule has 0 fully saturated rings. The Bertz CT molecular complexity index is 568. The zero-order valence-electron chi connectivity index (χ0n) is 12.0. The number of aromatic hydroxyl groups is 1. The summed E-state index contributed by atoms with van der Waals surface area (Å²) in [4.78, 5) is 0. The standard InChI is InChI=1S/C17H19F3O/c1-2-3-4-5-6-7-12-10-16(17(18,19)20)15-11-13(21)8-9-14(12)15/h7-11,21H,2-6H2,1H3. The maximum absolute atomic E-state index is 13.1. The van der Waals surface area contributed by atoms with Crippen LogP contribution in [0.25, 0.3) is 11.1 Å². The third kappa shape index (κ3) is 3.69. The van der Waals surface area contributed by atoms with Gasteiger partial charge in [0.25, 0.3) is 0 Å². The van der Waals surface area contributed by atoms with Gasteiger partial charge in [-0.3, -0.25) is 0 Å². The number of hydrogen-bond acceptors (Lipinski definition) is 1. The Balaban J connectivity index is 2.24. The Morgan fingerprint density at radius 2 is 1.86 bits per heavy atom. The van der Waals surface area contributed by atoms with Crippen molar-refractivity contribution in [2.24, 2.45) is 0 Å². The van der Waals surface area contributed by atoms with E-state index in [1.54, 1.807) is 6.07 Å². The number of phenols is 1. The predicted molar refractivity (Wildman–Crippen MR) is 78.9 cm³/mol. The second kappa shape index (κ2) is 6.37. The first kappa shape index (κ1) is 15.7. The molecule has 21 heavy (non-hydrogen) atoms. The van der Waals surface area contributed by atoms with E-state index in [1.165, 1.54) is 18.2 Å². The van der Waals surface area contributed by atoms with E-state index >= 15 is 0 Å². The largest absolute Gasteiger partial charge is 0.508 e. The second-order valence-electron chi connectivity index (χ2n) is 5.29. The van der Waals surface area contributed by atoms with Crippen molar-refractivity contribution in [2.45, 2.75) is 45.2 Å². The minimum atomic E-state index is -4.40. The smallest absolute Gasteiger partial charge is 0.417 e. The van der Waals surface area contributed by atoms with Gasteiger partial charge in [-0.15, -0.1) is 0 Å². The summed E-state index contributed by atoms with van der Waals surface area (Å²) < 4.78 is 39.2. The van der Waals surface area contributed by atoms with Crippen molar-refractivity contribution in [2.75, 3.05) is 0 Å². The lowest BCUT2D eigenvalue weighted by Gasteiger charge is -2.09.